The van der Waals surface area contributed by atoms with Crippen LogP contribution in [-0.2, 0) is 22.6 Å². The van der Waals surface area contributed by atoms with Gasteiger partial charge in [-0.05, 0) is 49.2 Å². The minimum Gasteiger partial charge on any atom is -0.496 e. The number of hydrogen-bond donors (Lipinski definition) is 5. The number of carboxylic acids is 2. The molecule has 11 heteroatoms. The molecular formula is C28H35Cl2N3O6. The number of halogens is 2. The highest BCUT2D eigenvalue weighted by Crippen LogP contribution is 2.19. The Kier molecular flexibility index (Phi) is 19.6. The number of carboxylic acid groups (broad SMARTS) is 2. The molecule has 3 aromatic rings. The molecule has 0 heterocycles. The van der Waals surface area contributed by atoms with E-state index in [1.54, 1.807) is 31.4 Å². The highest BCUT2D eigenvalue weighted by Gasteiger charge is 2.08. The number of aliphatic carboxylic acids is 2. The maximum Gasteiger partial charge on any atom is 0.320 e. The minimum atomic E-state index is -0.955. The Morgan fingerprint density at radius 1 is 0.974 bits per heavy atom. The van der Waals surface area contributed by atoms with Crippen molar-refractivity contribution in [1.82, 2.24) is 0 Å². The number of benzene rings is 3. The summed E-state index contributed by atoms with van der Waals surface area (Å²) < 4.78 is 5.06. The molecule has 9 nitrogen and oxygen atoms in total. The van der Waals surface area contributed by atoms with Crippen LogP contribution in [0.15, 0.2) is 72.8 Å². The first-order chi connectivity index (χ1) is 18.6. The van der Waals surface area contributed by atoms with Crippen LogP contribution < -0.4 is 21.9 Å². The molecule has 0 saturated heterocycles. The Hall–Kier alpha value is -3.47. The number of nitrogens with two attached hydrogens (primary N) is 3. The molecule has 0 aliphatic heterocycles. The smallest absolute Gasteiger partial charge is 0.320 e. The first kappa shape index (κ1) is 35.5. The van der Waals surface area contributed by atoms with Crippen molar-refractivity contribution in [2.45, 2.75) is 31.8 Å². The van der Waals surface area contributed by atoms with E-state index < -0.39 is 18.0 Å². The fourth-order valence-corrected chi connectivity index (χ4v) is 3.15. The first-order valence-corrected chi connectivity index (χ1v) is 12.5. The van der Waals surface area contributed by atoms with Crippen LogP contribution >= 0.6 is 23.2 Å². The van der Waals surface area contributed by atoms with Crippen molar-refractivity contribution < 1.29 is 29.3 Å². The molecule has 39 heavy (non-hydrogen) atoms. The number of rotatable bonds is 9. The van der Waals surface area contributed by atoms with E-state index in [4.69, 9.17) is 55.4 Å². The highest BCUT2D eigenvalue weighted by atomic mass is 35.5. The molecular weight excluding hydrogens is 545 g/mol. The van der Waals surface area contributed by atoms with Gasteiger partial charge < -0.3 is 32.2 Å². The first-order valence-electron chi connectivity index (χ1n) is 11.8. The topological polar surface area (TPSA) is 179 Å². The van der Waals surface area contributed by atoms with Crippen LogP contribution in [0, 0.1) is 0 Å². The van der Waals surface area contributed by atoms with Crippen LogP contribution in [0.25, 0.3) is 0 Å². The number of para-hydroxylation sites is 1. The van der Waals surface area contributed by atoms with Crippen LogP contribution in [-0.4, -0.2) is 48.1 Å². The summed E-state index contributed by atoms with van der Waals surface area (Å²) in [6, 6.07) is 20.9. The maximum absolute atomic E-state index is 10.2. The number of methoxy groups -OCH3 is 1. The van der Waals surface area contributed by atoms with Crippen LogP contribution in [0.1, 0.15) is 34.3 Å². The van der Waals surface area contributed by atoms with E-state index in [1.165, 1.54) is 6.07 Å². The molecule has 0 aromatic heterocycles. The van der Waals surface area contributed by atoms with Crippen molar-refractivity contribution in [3.8, 4) is 5.75 Å². The van der Waals surface area contributed by atoms with E-state index in [0.717, 1.165) is 16.9 Å². The standard InChI is InChI=1S/C8H11NO.C8H8O2.C7H4Cl2O.C5H12N2O2/c1-10-8-5-3-2-4-7(8)6-9;9-8(10)6-7-4-2-1-3-5-7;8-6-2-1-5(4-10)7(9)3-6;6-3-1-2-4(7)5(8)9/h2-5H,6,9H2,1H3;1-5H,6H2,(H,9,10);1-4H;4H,1-3,6-7H2,(H,8,9). The van der Waals surface area contributed by atoms with E-state index in [1.807, 2.05) is 42.5 Å². The zero-order valence-electron chi connectivity index (χ0n) is 21.6. The summed E-state index contributed by atoms with van der Waals surface area (Å²) in [5.41, 5.74) is 18.1. The molecule has 0 fully saturated rings. The third kappa shape index (κ3) is 16.9. The van der Waals surface area contributed by atoms with Crippen LogP contribution in [0.3, 0.4) is 0 Å². The monoisotopic (exact) mass is 579 g/mol. The van der Waals surface area contributed by atoms with Crippen LogP contribution in [0.4, 0.5) is 0 Å². The summed E-state index contributed by atoms with van der Waals surface area (Å²) in [6.45, 7) is 1.03. The van der Waals surface area contributed by atoms with Gasteiger partial charge in [-0.2, -0.15) is 0 Å². The van der Waals surface area contributed by atoms with Gasteiger partial charge in [-0.3, -0.25) is 14.4 Å². The van der Waals surface area contributed by atoms with E-state index in [0.29, 0.717) is 47.8 Å². The second-order valence-electron chi connectivity index (χ2n) is 7.73. The summed E-state index contributed by atoms with van der Waals surface area (Å²) in [5.74, 6) is -0.875. The van der Waals surface area contributed by atoms with E-state index in [2.05, 4.69) is 0 Å². The van der Waals surface area contributed by atoms with Gasteiger partial charge in [0.1, 0.15) is 11.8 Å². The SMILES string of the molecule is COc1ccccc1CN.NCCCC(N)C(=O)O.O=C(O)Cc1ccccc1.O=Cc1ccc(Cl)cc1Cl. The molecule has 1 unspecified atom stereocenters. The van der Waals surface area contributed by atoms with Gasteiger partial charge in [0.15, 0.2) is 6.29 Å². The second-order valence-corrected chi connectivity index (χ2v) is 8.58. The Balaban J connectivity index is 0.000000494. The quantitative estimate of drug-likeness (QED) is 0.229. The van der Waals surface area contributed by atoms with Crippen molar-refractivity contribution in [1.29, 1.82) is 0 Å². The molecule has 0 amide bonds. The fourth-order valence-electron chi connectivity index (χ4n) is 2.70. The molecule has 0 aliphatic rings. The summed E-state index contributed by atoms with van der Waals surface area (Å²) >= 11 is 11.2. The van der Waals surface area contributed by atoms with Crippen LogP contribution in [0.2, 0.25) is 10.0 Å². The number of ether oxygens (including phenoxy) is 1. The van der Waals surface area contributed by atoms with Gasteiger partial charge in [0.2, 0.25) is 0 Å². The molecule has 8 N–H and O–H groups in total. The second kappa shape index (κ2) is 21.5. The van der Waals surface area contributed by atoms with Crippen molar-refractivity contribution in [3.63, 3.8) is 0 Å². The molecule has 3 rings (SSSR count). The lowest BCUT2D eigenvalue weighted by molar-refractivity contribution is -0.139. The number of hydrogen-bond acceptors (Lipinski definition) is 7. The average molecular weight is 581 g/mol. The number of aldehydes is 1. The molecule has 0 aliphatic carbocycles. The van der Waals surface area contributed by atoms with Crippen molar-refractivity contribution in [2.75, 3.05) is 13.7 Å². The predicted octanol–water partition coefficient (Wildman–Crippen LogP) is 4.41. The average Bonchev–Trinajstić information content (AvgIpc) is 2.93. The van der Waals surface area contributed by atoms with E-state index >= 15 is 0 Å². The van der Waals surface area contributed by atoms with Gasteiger partial charge in [-0.15, -0.1) is 0 Å². The summed E-state index contributed by atoms with van der Waals surface area (Å²) in [7, 11) is 1.65. The van der Waals surface area contributed by atoms with Crippen molar-refractivity contribution in [2.24, 2.45) is 17.2 Å². The van der Waals surface area contributed by atoms with Gasteiger partial charge in [-0.1, -0.05) is 71.7 Å². The Morgan fingerprint density at radius 2 is 1.59 bits per heavy atom. The predicted molar refractivity (Wildman–Crippen MR) is 154 cm³/mol. The lowest BCUT2D eigenvalue weighted by Gasteiger charge is -2.03. The molecule has 0 spiro atoms. The van der Waals surface area contributed by atoms with E-state index in [-0.39, 0.29) is 6.42 Å². The summed E-state index contributed by atoms with van der Waals surface area (Å²) in [6.07, 6.45) is 1.94. The molecule has 212 valence electrons. The maximum atomic E-state index is 10.2. The van der Waals surface area contributed by atoms with Gasteiger partial charge in [0.25, 0.3) is 0 Å². The van der Waals surface area contributed by atoms with E-state index in [9.17, 15) is 14.4 Å². The zero-order chi connectivity index (χ0) is 29.6. The zero-order valence-corrected chi connectivity index (χ0v) is 23.1. The molecule has 1 atom stereocenters. The Labute approximate surface area is 238 Å². The van der Waals surface area contributed by atoms with Crippen molar-refractivity contribution >= 4 is 41.4 Å². The van der Waals surface area contributed by atoms with Gasteiger partial charge in [-0.25, -0.2) is 0 Å². The van der Waals surface area contributed by atoms with Crippen molar-refractivity contribution in [3.05, 3.63) is 99.5 Å². The lowest BCUT2D eigenvalue weighted by atomic mass is 10.2. The normalized spacial score (nSPS) is 10.2. The number of carbonyl (C=O) groups excluding carboxylic acids is 1. The molecule has 0 saturated carbocycles. The lowest BCUT2D eigenvalue weighted by Crippen LogP contribution is -2.30. The number of carbonyl (C=O) groups is 3. The van der Waals surface area contributed by atoms with Gasteiger partial charge in [0.05, 0.1) is 18.6 Å². The van der Waals surface area contributed by atoms with Gasteiger partial charge in [0, 0.05) is 22.7 Å². The third-order valence-corrected chi connectivity index (χ3v) is 5.30. The Morgan fingerprint density at radius 3 is 2.05 bits per heavy atom. The molecule has 0 bridgehead atoms. The van der Waals surface area contributed by atoms with Gasteiger partial charge >= 0.3 is 11.9 Å². The minimum absolute atomic E-state index is 0.112. The molecule has 3 aromatic carbocycles. The third-order valence-electron chi connectivity index (χ3n) is 4.74. The highest BCUT2D eigenvalue weighted by molar-refractivity contribution is 6.36. The van der Waals surface area contributed by atoms with Crippen LogP contribution in [0.5, 0.6) is 5.75 Å². The largest absolute Gasteiger partial charge is 0.496 e. The summed E-state index contributed by atoms with van der Waals surface area (Å²) in [5, 5.41) is 17.5. The molecule has 0 radical (unpaired) electrons. The summed E-state index contributed by atoms with van der Waals surface area (Å²) in [4.78, 5) is 30.4. The Bertz CT molecular complexity index is 1110. The fraction of sp³-hybridized carbons (Fsp3) is 0.250.